The van der Waals surface area contributed by atoms with Gasteiger partial charge in [-0.25, -0.2) is 0 Å². The van der Waals surface area contributed by atoms with Gasteiger partial charge >= 0.3 is 0 Å². The van der Waals surface area contributed by atoms with Crippen LogP contribution in [0.25, 0.3) is 59.9 Å². The molecule has 0 aliphatic rings. The summed E-state index contributed by atoms with van der Waals surface area (Å²) in [4.78, 5) is 5.47. The van der Waals surface area contributed by atoms with Gasteiger partial charge in [-0.15, -0.1) is 56.7 Å². The summed E-state index contributed by atoms with van der Waals surface area (Å²) in [6.45, 7) is 0. The second kappa shape index (κ2) is 6.24. The van der Waals surface area contributed by atoms with Crippen LogP contribution in [0.1, 0.15) is 0 Å². The van der Waals surface area contributed by atoms with Crippen LogP contribution in [0.4, 0.5) is 0 Å². The van der Waals surface area contributed by atoms with Crippen LogP contribution in [-0.4, -0.2) is 0 Å². The van der Waals surface area contributed by atoms with Gasteiger partial charge in [-0.1, -0.05) is 0 Å². The predicted molar refractivity (Wildman–Crippen MR) is 137 cm³/mol. The van der Waals surface area contributed by atoms with Crippen molar-refractivity contribution in [3.05, 3.63) is 71.4 Å². The number of fused-ring (bicyclic) bond motifs is 6. The fraction of sp³-hybridized carbons (Fsp3) is 0. The molecule has 0 saturated carbocycles. The highest BCUT2D eigenvalue weighted by Crippen LogP contribution is 2.45. The van der Waals surface area contributed by atoms with E-state index in [2.05, 4.69) is 71.4 Å². The second-order valence-electron chi connectivity index (χ2n) is 7.00. The Balaban J connectivity index is 1.35. The van der Waals surface area contributed by atoms with Crippen molar-refractivity contribution in [1.29, 1.82) is 0 Å². The molecule has 138 valence electrons. The first-order valence-corrected chi connectivity index (χ1v) is 13.4. The summed E-state index contributed by atoms with van der Waals surface area (Å²) in [5.41, 5.74) is 0. The minimum absolute atomic E-state index is 1.36. The summed E-state index contributed by atoms with van der Waals surface area (Å²) < 4.78 is 5.50. The summed E-state index contributed by atoms with van der Waals surface area (Å²) in [6.07, 6.45) is 0. The van der Waals surface area contributed by atoms with Crippen LogP contribution >= 0.6 is 56.7 Å². The van der Waals surface area contributed by atoms with E-state index >= 15 is 0 Å². The van der Waals surface area contributed by atoms with Gasteiger partial charge in [0.05, 0.1) is 0 Å². The van der Waals surface area contributed by atoms with Crippen LogP contribution in [0.3, 0.4) is 0 Å². The van der Waals surface area contributed by atoms with Gasteiger partial charge in [0.1, 0.15) is 0 Å². The van der Waals surface area contributed by atoms with Crippen LogP contribution in [0, 0.1) is 0 Å². The molecule has 0 unspecified atom stereocenters. The van der Waals surface area contributed by atoms with E-state index in [4.69, 9.17) is 0 Å². The van der Waals surface area contributed by atoms with E-state index in [1.54, 1.807) is 0 Å². The Morgan fingerprint density at radius 3 is 1.38 bits per heavy atom. The predicted octanol–water partition coefficient (Wildman–Crippen LogP) is 9.94. The molecule has 0 aliphatic heterocycles. The first-order chi connectivity index (χ1) is 14.3. The maximum atomic E-state index is 2.38. The van der Waals surface area contributed by atoms with Crippen molar-refractivity contribution in [2.24, 2.45) is 0 Å². The summed E-state index contributed by atoms with van der Waals surface area (Å²) in [6, 6.07) is 22.9. The zero-order valence-corrected chi connectivity index (χ0v) is 19.1. The molecular formula is C24H12S5. The molecule has 2 aromatic carbocycles. The lowest BCUT2D eigenvalue weighted by Gasteiger charge is -1.90. The van der Waals surface area contributed by atoms with E-state index in [0.29, 0.717) is 0 Å². The molecule has 0 nitrogen and oxygen atoms in total. The van der Waals surface area contributed by atoms with E-state index in [1.165, 1.54) is 59.9 Å². The van der Waals surface area contributed by atoms with E-state index in [9.17, 15) is 0 Å². The standard InChI is InChI=1S/C24H12S5/c1-3-19-15(13-7-9-25-17(1)13)11-23(27-19)21-5-6-22(29-21)24-12-16-14-8-10-26-18(14)2-4-20(16)28-24/h1-12H. The Kier molecular flexibility index (Phi) is 3.60. The molecule has 7 rings (SSSR count). The van der Waals surface area contributed by atoms with Crippen LogP contribution in [-0.2, 0) is 0 Å². The second-order valence-corrected chi connectivity index (χ2v) is 12.2. The first-order valence-electron chi connectivity index (χ1n) is 9.24. The largest absolute Gasteiger partial charge is 0.144 e. The fourth-order valence-electron chi connectivity index (χ4n) is 3.97. The van der Waals surface area contributed by atoms with E-state index < -0.39 is 0 Å². The lowest BCUT2D eigenvalue weighted by molar-refractivity contribution is 1.94. The van der Waals surface area contributed by atoms with Crippen molar-refractivity contribution >= 4 is 97.0 Å². The summed E-state index contributed by atoms with van der Waals surface area (Å²) in [5, 5.41) is 9.93. The molecule has 0 saturated heterocycles. The van der Waals surface area contributed by atoms with Gasteiger partial charge in [-0.05, 0) is 71.4 Å². The molecule has 0 N–H and O–H groups in total. The number of thiophene rings is 5. The maximum Gasteiger partial charge on any atom is 0.0455 e. The topological polar surface area (TPSA) is 0 Å². The third-order valence-electron chi connectivity index (χ3n) is 5.36. The van der Waals surface area contributed by atoms with Crippen molar-refractivity contribution < 1.29 is 0 Å². The molecule has 0 amide bonds. The van der Waals surface area contributed by atoms with Gasteiger partial charge in [0.15, 0.2) is 0 Å². The summed E-state index contributed by atoms with van der Waals surface area (Å²) in [5.74, 6) is 0. The number of benzene rings is 2. The highest BCUT2D eigenvalue weighted by Gasteiger charge is 2.13. The van der Waals surface area contributed by atoms with Crippen LogP contribution in [0.5, 0.6) is 0 Å². The maximum absolute atomic E-state index is 2.38. The molecule has 0 radical (unpaired) electrons. The van der Waals surface area contributed by atoms with Crippen molar-refractivity contribution in [2.45, 2.75) is 0 Å². The summed E-state index contributed by atoms with van der Waals surface area (Å²) in [7, 11) is 0. The fourth-order valence-corrected chi connectivity index (χ4v) is 8.90. The molecule has 29 heavy (non-hydrogen) atoms. The molecule has 0 atom stereocenters. The monoisotopic (exact) mass is 460 g/mol. The minimum Gasteiger partial charge on any atom is -0.144 e. The zero-order chi connectivity index (χ0) is 18.9. The van der Waals surface area contributed by atoms with Gasteiger partial charge in [0, 0.05) is 59.9 Å². The summed E-state index contributed by atoms with van der Waals surface area (Å²) >= 11 is 9.36. The van der Waals surface area contributed by atoms with Gasteiger partial charge in [-0.2, -0.15) is 0 Å². The highest BCUT2D eigenvalue weighted by atomic mass is 32.1. The molecule has 0 spiro atoms. The minimum atomic E-state index is 1.36. The van der Waals surface area contributed by atoms with E-state index in [0.717, 1.165) is 0 Å². The smallest absolute Gasteiger partial charge is 0.0455 e. The molecule has 0 fully saturated rings. The Labute approximate surface area is 186 Å². The van der Waals surface area contributed by atoms with Crippen molar-refractivity contribution in [2.75, 3.05) is 0 Å². The average Bonchev–Trinajstić information content (AvgIpc) is 3.55. The first kappa shape index (κ1) is 16.7. The molecular weight excluding hydrogens is 449 g/mol. The average molecular weight is 461 g/mol. The normalized spacial score (nSPS) is 12.1. The quantitative estimate of drug-likeness (QED) is 0.241. The highest BCUT2D eigenvalue weighted by molar-refractivity contribution is 7.30. The molecule has 5 heteroatoms. The van der Waals surface area contributed by atoms with Crippen molar-refractivity contribution in [1.82, 2.24) is 0 Å². The Morgan fingerprint density at radius 1 is 0.379 bits per heavy atom. The van der Waals surface area contributed by atoms with Gasteiger partial charge in [-0.3, -0.25) is 0 Å². The van der Waals surface area contributed by atoms with Crippen LogP contribution < -0.4 is 0 Å². The van der Waals surface area contributed by atoms with Gasteiger partial charge < -0.3 is 0 Å². The van der Waals surface area contributed by atoms with Crippen molar-refractivity contribution in [3.63, 3.8) is 0 Å². The molecule has 0 bridgehead atoms. The number of hydrogen-bond donors (Lipinski definition) is 0. The SMILES string of the molecule is c1cc2c(ccc3sc(-c4ccc(-c5cc6c(ccc7sccc76)s5)s4)cc32)s1. The Morgan fingerprint density at radius 2 is 0.862 bits per heavy atom. The third kappa shape index (κ3) is 2.52. The molecule has 0 aliphatic carbocycles. The lowest BCUT2D eigenvalue weighted by atomic mass is 10.2. The van der Waals surface area contributed by atoms with Gasteiger partial charge in [0.2, 0.25) is 0 Å². The Bertz CT molecular complexity index is 1540. The number of hydrogen-bond acceptors (Lipinski definition) is 5. The molecule has 7 aromatic rings. The van der Waals surface area contributed by atoms with Gasteiger partial charge in [0.25, 0.3) is 0 Å². The molecule has 5 aromatic heterocycles. The Hall–Kier alpha value is -2.02. The van der Waals surface area contributed by atoms with Crippen LogP contribution in [0.15, 0.2) is 71.4 Å². The number of rotatable bonds is 2. The van der Waals surface area contributed by atoms with E-state index in [1.807, 2.05) is 56.7 Å². The van der Waals surface area contributed by atoms with Crippen molar-refractivity contribution in [3.8, 4) is 19.5 Å². The third-order valence-corrected chi connectivity index (χ3v) is 10.8. The molecule has 5 heterocycles. The lowest BCUT2D eigenvalue weighted by Crippen LogP contribution is -1.63. The van der Waals surface area contributed by atoms with Crippen LogP contribution in [0.2, 0.25) is 0 Å². The van der Waals surface area contributed by atoms with E-state index in [-0.39, 0.29) is 0 Å². The zero-order valence-electron chi connectivity index (χ0n) is 15.0.